The number of phosphoric acid groups is 1. The van der Waals surface area contributed by atoms with Crippen LogP contribution < -0.4 is 5.73 Å². The van der Waals surface area contributed by atoms with Crippen molar-refractivity contribution in [2.45, 2.75) is 24.9 Å². The minimum absolute atomic E-state index is 0.230. The molecule has 0 aliphatic carbocycles. The Balaban J connectivity index is 1.74. The number of imidazole rings is 1. The first kappa shape index (κ1) is 22.9. The molecule has 0 radical (unpaired) electrons. The number of ether oxygens (including phenoxy) is 2. The van der Waals surface area contributed by atoms with Crippen LogP contribution in [0.25, 0.3) is 11.2 Å². The minimum atomic E-state index is -4.70. The summed E-state index contributed by atoms with van der Waals surface area (Å²) in [6.07, 6.45) is 3.32. The lowest BCUT2D eigenvalue weighted by atomic mass is 10.2. The molecule has 3 unspecified atom stereocenters. The molecule has 4 N–H and O–H groups in total. The van der Waals surface area contributed by atoms with E-state index in [0.717, 1.165) is 0 Å². The number of rotatable bonds is 10. The third-order valence-electron chi connectivity index (χ3n) is 3.92. The average Bonchev–Trinajstić information content (AvgIpc) is 3.24. The van der Waals surface area contributed by atoms with E-state index in [2.05, 4.69) is 19.3 Å². The van der Waals surface area contributed by atoms with E-state index in [0.29, 0.717) is 23.5 Å². The molecule has 0 aromatic carbocycles. The van der Waals surface area contributed by atoms with Crippen molar-refractivity contribution in [3.05, 3.63) is 12.7 Å². The molecule has 3 heterocycles. The highest BCUT2D eigenvalue weighted by Gasteiger charge is 2.40. The van der Waals surface area contributed by atoms with E-state index in [1.54, 1.807) is 4.57 Å². The summed E-state index contributed by atoms with van der Waals surface area (Å²) in [6.45, 7) is -0.391. The van der Waals surface area contributed by atoms with Crippen molar-refractivity contribution in [3.8, 4) is 0 Å². The fourth-order valence-electron chi connectivity index (χ4n) is 2.73. The summed E-state index contributed by atoms with van der Waals surface area (Å²) in [4.78, 5) is 30.4. The second kappa shape index (κ2) is 10.1. The maximum atomic E-state index is 11.7. The summed E-state index contributed by atoms with van der Waals surface area (Å²) in [5, 5.41) is 0. The molecule has 0 saturated carbocycles. The van der Waals surface area contributed by atoms with Crippen molar-refractivity contribution in [2.75, 3.05) is 24.5 Å². The van der Waals surface area contributed by atoms with E-state index in [4.69, 9.17) is 24.6 Å². The Morgan fingerprint density at radius 3 is 3.00 bits per heavy atom. The molecule has 0 bridgehead atoms. The van der Waals surface area contributed by atoms with E-state index < -0.39 is 41.1 Å². The molecule has 162 valence electrons. The van der Waals surface area contributed by atoms with Crippen LogP contribution >= 0.6 is 37.7 Å². The molecular weight excluding hydrogens is 468 g/mol. The van der Waals surface area contributed by atoms with Gasteiger partial charge >= 0.3 is 16.1 Å². The largest absolute Gasteiger partial charge is 0.479 e. The van der Waals surface area contributed by atoms with Gasteiger partial charge in [0.15, 0.2) is 11.5 Å². The van der Waals surface area contributed by atoms with Crippen LogP contribution in [0.5, 0.6) is 0 Å². The smallest absolute Gasteiger partial charge is 0.382 e. The number of hydrogen-bond donors (Lipinski definition) is 3. The Hall–Kier alpha value is -0.730. The number of fused-ring (bicyclic) bond motifs is 1. The third-order valence-corrected chi connectivity index (χ3v) is 7.41. The molecule has 1 aliphatic heterocycles. The first-order chi connectivity index (χ1) is 13.8. The van der Waals surface area contributed by atoms with Crippen molar-refractivity contribution >= 4 is 54.6 Å². The Labute approximate surface area is 173 Å². The second-order valence-corrected chi connectivity index (χ2v) is 10.6. The maximum Gasteiger partial charge on any atom is 0.479 e. The Bertz CT molecular complexity index is 920. The SMILES string of the molecule is CSSCOC1C[C@H](n2cnc3c(N)ncnc32)O[C@@H]1COP(=O)(O)O[PH](=O)O. The van der Waals surface area contributed by atoms with Gasteiger partial charge in [0.1, 0.15) is 30.1 Å². The monoisotopic (exact) mass is 487 g/mol. The normalized spacial score (nSPS) is 25.3. The van der Waals surface area contributed by atoms with Crippen molar-refractivity contribution in [1.82, 2.24) is 19.5 Å². The zero-order valence-corrected chi connectivity index (χ0v) is 18.5. The summed E-state index contributed by atoms with van der Waals surface area (Å²) >= 11 is 0. The number of aromatic nitrogens is 4. The molecule has 1 fully saturated rings. The molecule has 5 atom stereocenters. The lowest BCUT2D eigenvalue weighted by molar-refractivity contribution is -0.0519. The Morgan fingerprint density at radius 1 is 1.48 bits per heavy atom. The van der Waals surface area contributed by atoms with Crippen LogP contribution in [0.1, 0.15) is 12.6 Å². The molecule has 29 heavy (non-hydrogen) atoms. The summed E-state index contributed by atoms with van der Waals surface area (Å²) in [6, 6.07) is 0. The molecule has 2 aromatic rings. The Kier molecular flexibility index (Phi) is 7.95. The number of nitrogens with two attached hydrogens (primary N) is 1. The fraction of sp³-hybridized carbons (Fsp3) is 0.583. The van der Waals surface area contributed by atoms with Gasteiger partial charge in [-0.05, 0) is 6.26 Å². The minimum Gasteiger partial charge on any atom is -0.382 e. The Morgan fingerprint density at radius 2 is 2.28 bits per heavy atom. The van der Waals surface area contributed by atoms with Gasteiger partial charge in [0.05, 0.1) is 19.0 Å². The second-order valence-electron chi connectivity index (χ2n) is 5.68. The van der Waals surface area contributed by atoms with Gasteiger partial charge in [-0.15, -0.1) is 0 Å². The van der Waals surface area contributed by atoms with E-state index in [9.17, 15) is 14.0 Å². The predicted octanol–water partition coefficient (Wildman–Crippen LogP) is 1.57. The number of hydrogen-bond acceptors (Lipinski definition) is 12. The van der Waals surface area contributed by atoms with Crippen molar-refractivity contribution in [3.63, 3.8) is 0 Å². The van der Waals surface area contributed by atoms with Crippen molar-refractivity contribution in [1.29, 1.82) is 0 Å². The third kappa shape index (κ3) is 5.91. The maximum absolute atomic E-state index is 11.7. The van der Waals surface area contributed by atoms with Crippen LogP contribution in [0.3, 0.4) is 0 Å². The lowest BCUT2D eigenvalue weighted by Crippen LogP contribution is -2.28. The van der Waals surface area contributed by atoms with Crippen LogP contribution in [-0.4, -0.2) is 60.3 Å². The molecule has 0 amide bonds. The van der Waals surface area contributed by atoms with Crippen molar-refractivity contribution in [2.24, 2.45) is 0 Å². The van der Waals surface area contributed by atoms with Gasteiger partial charge in [-0.25, -0.2) is 23.8 Å². The van der Waals surface area contributed by atoms with Gasteiger partial charge in [0, 0.05) is 6.42 Å². The first-order valence-corrected chi connectivity index (χ1v) is 13.5. The van der Waals surface area contributed by atoms with Crippen molar-refractivity contribution < 1.29 is 37.2 Å². The van der Waals surface area contributed by atoms with Crippen LogP contribution in [0.2, 0.25) is 0 Å². The number of nitrogens with zero attached hydrogens (tertiary/aromatic N) is 4. The zero-order chi connectivity index (χ0) is 21.0. The first-order valence-electron chi connectivity index (χ1n) is 8.06. The highest BCUT2D eigenvalue weighted by molar-refractivity contribution is 8.76. The standard InChI is InChI=1S/C12H19N5O8P2S2/c1-28-29-6-22-7-2-9(17-5-16-10-11(13)14-4-15-12(10)17)24-8(7)3-23-27(20,21)25-26(18)19/h4-5,7-9,26H,2-3,6H2,1H3,(H,18,19)(H,20,21)(H2,13,14,15)/t7?,8-,9-/m1/s1. The van der Waals surface area contributed by atoms with Gasteiger partial charge in [-0.3, -0.25) is 13.7 Å². The van der Waals surface area contributed by atoms with E-state index in [-0.39, 0.29) is 5.82 Å². The van der Waals surface area contributed by atoms with Crippen LogP contribution in [0.4, 0.5) is 5.82 Å². The highest BCUT2D eigenvalue weighted by Crippen LogP contribution is 2.51. The molecule has 0 spiro atoms. The fourth-order valence-corrected chi connectivity index (χ4v) is 4.85. The topological polar surface area (TPSA) is 181 Å². The highest BCUT2D eigenvalue weighted by atomic mass is 33.1. The van der Waals surface area contributed by atoms with Crippen LogP contribution in [-0.2, 0) is 27.4 Å². The number of nitrogen functional groups attached to an aromatic ring is 1. The summed E-state index contributed by atoms with van der Waals surface area (Å²) in [5.74, 6) is 0.587. The zero-order valence-electron chi connectivity index (χ0n) is 15.0. The van der Waals surface area contributed by atoms with E-state index >= 15 is 0 Å². The summed E-state index contributed by atoms with van der Waals surface area (Å²) in [5.41, 5.74) is 6.70. The molecule has 1 aliphatic rings. The lowest BCUT2D eigenvalue weighted by Gasteiger charge is -2.19. The van der Waals surface area contributed by atoms with Gasteiger partial charge in [0.2, 0.25) is 0 Å². The average molecular weight is 487 g/mol. The van der Waals surface area contributed by atoms with Gasteiger partial charge in [0.25, 0.3) is 0 Å². The molecule has 17 heteroatoms. The van der Waals surface area contributed by atoms with E-state index in [1.165, 1.54) is 34.2 Å². The quantitative estimate of drug-likeness (QED) is 0.190. The molecule has 2 aromatic heterocycles. The predicted molar refractivity (Wildman–Crippen MR) is 107 cm³/mol. The van der Waals surface area contributed by atoms with Gasteiger partial charge < -0.3 is 25.0 Å². The number of anilines is 1. The molecule has 13 nitrogen and oxygen atoms in total. The molecule has 3 rings (SSSR count). The van der Waals surface area contributed by atoms with Crippen LogP contribution in [0.15, 0.2) is 12.7 Å². The molecule has 1 saturated heterocycles. The molecular formula is C12H19N5O8P2S2. The number of phosphoric ester groups is 1. The van der Waals surface area contributed by atoms with Gasteiger partial charge in [-0.1, -0.05) is 21.6 Å². The van der Waals surface area contributed by atoms with Crippen LogP contribution in [0, 0.1) is 0 Å². The van der Waals surface area contributed by atoms with Gasteiger partial charge in [-0.2, -0.15) is 0 Å². The van der Waals surface area contributed by atoms with E-state index in [1.807, 2.05) is 6.26 Å². The summed E-state index contributed by atoms with van der Waals surface area (Å²) in [7, 11) is -5.35. The summed E-state index contributed by atoms with van der Waals surface area (Å²) < 4.78 is 44.6.